The first-order chi connectivity index (χ1) is 29.0. The molecule has 0 unspecified atom stereocenters. The number of rotatable bonds is 7. The van der Waals surface area contributed by atoms with E-state index in [1.807, 2.05) is 78.9 Å². The van der Waals surface area contributed by atoms with E-state index in [9.17, 15) is 5.26 Å². The zero-order chi connectivity index (χ0) is 39.9. The quantitative estimate of drug-likeness (QED) is 0.162. The van der Waals surface area contributed by atoms with Gasteiger partial charge in [-0.15, -0.1) is 0 Å². The Morgan fingerprint density at radius 2 is 1.12 bits per heavy atom. The van der Waals surface area contributed by atoms with Crippen LogP contribution in [0.1, 0.15) is 47.6 Å². The highest BCUT2D eigenvalue weighted by atomic mass is 16.5. The van der Waals surface area contributed by atoms with Crippen molar-refractivity contribution >= 4 is 10.8 Å². The summed E-state index contributed by atoms with van der Waals surface area (Å²) in [5.74, 6) is 2.71. The first-order valence-corrected chi connectivity index (χ1v) is 19.9. The summed E-state index contributed by atoms with van der Waals surface area (Å²) in [6, 6.07) is 66.8. The van der Waals surface area contributed by atoms with Crippen molar-refractivity contribution in [3.8, 4) is 68.2 Å². The van der Waals surface area contributed by atoms with E-state index in [4.69, 9.17) is 19.7 Å². The normalized spacial score (nSPS) is 12.6. The third-order valence-electron chi connectivity index (χ3n) is 11.3. The number of hydrogen-bond donors (Lipinski definition) is 0. The lowest BCUT2D eigenvalue weighted by atomic mass is 9.74. The van der Waals surface area contributed by atoms with E-state index in [-0.39, 0.29) is 0 Å². The highest BCUT2D eigenvalue weighted by Gasteiger charge is 2.44. The average molecular weight is 759 g/mol. The van der Waals surface area contributed by atoms with Crippen LogP contribution in [0.2, 0.25) is 0 Å². The number of aromatic nitrogens is 3. The minimum Gasteiger partial charge on any atom is -0.472 e. The van der Waals surface area contributed by atoms with Crippen molar-refractivity contribution < 1.29 is 4.74 Å². The van der Waals surface area contributed by atoms with Crippen LogP contribution in [-0.2, 0) is 5.60 Å². The molecule has 0 fully saturated rings. The van der Waals surface area contributed by atoms with Crippen molar-refractivity contribution in [3.63, 3.8) is 0 Å². The van der Waals surface area contributed by atoms with E-state index in [1.54, 1.807) is 0 Å². The van der Waals surface area contributed by atoms with E-state index in [0.717, 1.165) is 66.6 Å². The van der Waals surface area contributed by atoms with E-state index in [2.05, 4.69) is 129 Å². The zero-order valence-electron chi connectivity index (χ0n) is 32.7. The highest BCUT2D eigenvalue weighted by molar-refractivity contribution is 5.95. The van der Waals surface area contributed by atoms with Crippen molar-refractivity contribution in [1.82, 2.24) is 15.0 Å². The Kier molecular flexibility index (Phi) is 8.88. The molecule has 2 heterocycles. The lowest BCUT2D eigenvalue weighted by molar-refractivity contribution is 0.152. The van der Waals surface area contributed by atoms with Gasteiger partial charge in [-0.3, -0.25) is 0 Å². The molecule has 0 saturated heterocycles. The lowest BCUT2D eigenvalue weighted by Crippen LogP contribution is -2.38. The van der Waals surface area contributed by atoms with Crippen LogP contribution in [0.3, 0.4) is 0 Å². The van der Waals surface area contributed by atoms with Crippen LogP contribution in [0.4, 0.5) is 0 Å². The molecule has 0 amide bonds. The summed E-state index contributed by atoms with van der Waals surface area (Å²) in [7, 11) is 0. The maximum absolute atomic E-state index is 10.4. The molecule has 10 rings (SSSR count). The Hall–Kier alpha value is -7.68. The molecule has 0 N–H and O–H groups in total. The number of nitriles is 1. The standard InChI is InChI=1S/C54H38N4O/c1-35(2)39-26-28-49-48(32-39)46-27-25-40(33-50(46)59-54(49,43-19-8-4-9-20-43)44-21-10-5-11-22-44)41-29-36(34-55)30-42(31-41)52-56-51(38-16-6-3-7-17-38)57-53(58-52)47-24-14-18-37-15-12-13-23-45(37)47/h3-33,35H,1-2H3. The van der Waals surface area contributed by atoms with Gasteiger partial charge in [0.25, 0.3) is 0 Å². The van der Waals surface area contributed by atoms with E-state index >= 15 is 0 Å². The molecule has 1 aromatic heterocycles. The monoisotopic (exact) mass is 758 g/mol. The van der Waals surface area contributed by atoms with Gasteiger partial charge in [0, 0.05) is 38.9 Å². The molecule has 8 aromatic carbocycles. The maximum Gasteiger partial charge on any atom is 0.185 e. The van der Waals surface area contributed by atoms with Crippen LogP contribution in [-0.4, -0.2) is 15.0 Å². The Morgan fingerprint density at radius 3 is 1.83 bits per heavy atom. The topological polar surface area (TPSA) is 71.7 Å². The second-order valence-electron chi connectivity index (χ2n) is 15.3. The summed E-state index contributed by atoms with van der Waals surface area (Å²) in [6.07, 6.45) is 0. The van der Waals surface area contributed by atoms with Crippen molar-refractivity contribution in [1.29, 1.82) is 5.26 Å². The molecule has 0 spiro atoms. The molecule has 5 nitrogen and oxygen atoms in total. The van der Waals surface area contributed by atoms with E-state index < -0.39 is 5.60 Å². The van der Waals surface area contributed by atoms with Gasteiger partial charge in [0.05, 0.1) is 11.6 Å². The summed E-state index contributed by atoms with van der Waals surface area (Å²) >= 11 is 0. The summed E-state index contributed by atoms with van der Waals surface area (Å²) in [5, 5.41) is 12.6. The first kappa shape index (κ1) is 35.7. The molecule has 1 aliphatic heterocycles. The lowest BCUT2D eigenvalue weighted by Gasteiger charge is -2.41. The SMILES string of the molecule is CC(C)c1ccc2c(c1)-c1ccc(-c3cc(C#N)cc(-c4nc(-c5ccccc5)nc(-c5cccc6ccccc56)n4)c3)cc1OC2(c1ccccc1)c1ccccc1. The number of fused-ring (bicyclic) bond motifs is 4. The van der Waals surface area contributed by atoms with Crippen LogP contribution < -0.4 is 4.74 Å². The van der Waals surface area contributed by atoms with Gasteiger partial charge in [0.15, 0.2) is 23.1 Å². The van der Waals surface area contributed by atoms with E-state index in [0.29, 0.717) is 34.5 Å². The van der Waals surface area contributed by atoms with Gasteiger partial charge in [0.2, 0.25) is 0 Å². The Labute approximate surface area is 343 Å². The second-order valence-corrected chi connectivity index (χ2v) is 15.3. The van der Waals surface area contributed by atoms with Crippen LogP contribution in [0.15, 0.2) is 188 Å². The van der Waals surface area contributed by atoms with Gasteiger partial charge in [0.1, 0.15) is 5.75 Å². The fourth-order valence-electron chi connectivity index (χ4n) is 8.37. The van der Waals surface area contributed by atoms with Gasteiger partial charge in [-0.05, 0) is 63.2 Å². The molecule has 9 aromatic rings. The maximum atomic E-state index is 10.4. The molecule has 0 saturated carbocycles. The second kappa shape index (κ2) is 14.7. The van der Waals surface area contributed by atoms with E-state index in [1.165, 1.54) is 5.56 Å². The van der Waals surface area contributed by atoms with Crippen LogP contribution in [0, 0.1) is 11.3 Å². The van der Waals surface area contributed by atoms with Gasteiger partial charge >= 0.3 is 0 Å². The fourth-order valence-corrected chi connectivity index (χ4v) is 8.37. The molecule has 59 heavy (non-hydrogen) atoms. The van der Waals surface area contributed by atoms with Crippen molar-refractivity contribution in [3.05, 3.63) is 216 Å². The van der Waals surface area contributed by atoms with Gasteiger partial charge < -0.3 is 4.74 Å². The molecule has 280 valence electrons. The average Bonchev–Trinajstić information content (AvgIpc) is 3.31. The summed E-state index contributed by atoms with van der Waals surface area (Å²) in [5.41, 5.74) is 10.5. The molecular formula is C54H38N4O. The van der Waals surface area contributed by atoms with Gasteiger partial charge in [-0.25, -0.2) is 15.0 Å². The molecular weight excluding hydrogens is 721 g/mol. The predicted octanol–water partition coefficient (Wildman–Crippen LogP) is 13.0. The number of benzene rings is 8. The predicted molar refractivity (Wildman–Crippen MR) is 237 cm³/mol. The molecule has 0 aliphatic carbocycles. The smallest absolute Gasteiger partial charge is 0.185 e. The first-order valence-electron chi connectivity index (χ1n) is 19.9. The van der Waals surface area contributed by atoms with Crippen LogP contribution >= 0.6 is 0 Å². The summed E-state index contributed by atoms with van der Waals surface area (Å²) in [4.78, 5) is 15.2. The Morgan fingerprint density at radius 1 is 0.492 bits per heavy atom. The minimum atomic E-state index is -0.907. The Balaban J connectivity index is 1.16. The van der Waals surface area contributed by atoms with Crippen molar-refractivity contribution in [2.45, 2.75) is 25.4 Å². The molecule has 0 atom stereocenters. The van der Waals surface area contributed by atoms with Crippen molar-refractivity contribution in [2.75, 3.05) is 0 Å². The number of hydrogen-bond acceptors (Lipinski definition) is 5. The Bertz CT molecular complexity index is 3020. The third-order valence-corrected chi connectivity index (χ3v) is 11.3. The fraction of sp³-hybridized carbons (Fsp3) is 0.0741. The summed E-state index contributed by atoms with van der Waals surface area (Å²) < 4.78 is 7.42. The largest absolute Gasteiger partial charge is 0.472 e. The van der Waals surface area contributed by atoms with Crippen molar-refractivity contribution in [2.24, 2.45) is 0 Å². The zero-order valence-corrected chi connectivity index (χ0v) is 32.7. The molecule has 0 radical (unpaired) electrons. The molecule has 0 bridgehead atoms. The summed E-state index contributed by atoms with van der Waals surface area (Å²) in [6.45, 7) is 4.46. The number of nitrogens with zero attached hydrogens (tertiary/aromatic N) is 4. The van der Waals surface area contributed by atoms with Gasteiger partial charge in [-0.1, -0.05) is 178 Å². The minimum absolute atomic E-state index is 0.347. The molecule has 1 aliphatic rings. The molecule has 5 heteroatoms. The highest BCUT2D eigenvalue weighted by Crippen LogP contribution is 2.53. The van der Waals surface area contributed by atoms with Gasteiger partial charge in [-0.2, -0.15) is 5.26 Å². The van der Waals surface area contributed by atoms with Crippen LogP contribution in [0.25, 0.3) is 67.2 Å². The third kappa shape index (κ3) is 6.32. The van der Waals surface area contributed by atoms with Crippen LogP contribution in [0.5, 0.6) is 5.75 Å². The number of ether oxygens (including phenoxy) is 1.